The Kier molecular flexibility index (Phi) is 5.67. The van der Waals surface area contributed by atoms with E-state index in [9.17, 15) is 13.2 Å². The van der Waals surface area contributed by atoms with Crippen molar-refractivity contribution in [3.8, 4) is 5.75 Å². The molecule has 0 aliphatic carbocycles. The lowest BCUT2D eigenvalue weighted by atomic mass is 9.90. The number of anilines is 1. The van der Waals surface area contributed by atoms with Gasteiger partial charge in [-0.1, -0.05) is 30.3 Å². The maximum absolute atomic E-state index is 12.7. The average molecular weight is 390 g/mol. The lowest BCUT2D eigenvalue weighted by Gasteiger charge is -2.31. The van der Waals surface area contributed by atoms with E-state index in [4.69, 9.17) is 9.84 Å². The first-order valence-electron chi connectivity index (χ1n) is 8.65. The Morgan fingerprint density at radius 3 is 2.41 bits per heavy atom. The Morgan fingerprint density at radius 2 is 1.81 bits per heavy atom. The number of hydrogen-bond donors (Lipinski definition) is 2. The van der Waals surface area contributed by atoms with Crippen molar-refractivity contribution in [2.24, 2.45) is 0 Å². The van der Waals surface area contributed by atoms with Crippen LogP contribution in [0.1, 0.15) is 34.7 Å². The number of benzene rings is 2. The topological polar surface area (TPSA) is 95.9 Å². The largest absolute Gasteiger partial charge is 0.495 e. The van der Waals surface area contributed by atoms with Crippen LogP contribution in [0.4, 0.5) is 5.69 Å². The van der Waals surface area contributed by atoms with Gasteiger partial charge in [0.05, 0.1) is 18.4 Å². The van der Waals surface area contributed by atoms with Crippen molar-refractivity contribution >= 4 is 21.9 Å². The van der Waals surface area contributed by atoms with Crippen LogP contribution in [-0.4, -0.2) is 44.0 Å². The second-order valence-electron chi connectivity index (χ2n) is 6.41. The maximum atomic E-state index is 12.7. The lowest BCUT2D eigenvalue weighted by Crippen LogP contribution is -2.41. The van der Waals surface area contributed by atoms with E-state index in [1.807, 2.05) is 18.2 Å². The summed E-state index contributed by atoms with van der Waals surface area (Å²) >= 11 is 0. The van der Waals surface area contributed by atoms with Gasteiger partial charge in [-0.25, -0.2) is 4.79 Å². The first-order valence-corrected chi connectivity index (χ1v) is 10.1. The van der Waals surface area contributed by atoms with Gasteiger partial charge in [0.1, 0.15) is 5.75 Å². The van der Waals surface area contributed by atoms with E-state index in [1.54, 1.807) is 0 Å². The number of piperidine rings is 1. The second-order valence-corrected chi connectivity index (χ2v) is 8.08. The molecule has 0 aromatic heterocycles. The number of nitrogens with zero attached hydrogens (tertiary/aromatic N) is 1. The average Bonchev–Trinajstić information content (AvgIpc) is 2.68. The molecule has 1 fully saturated rings. The molecule has 7 nitrogen and oxygen atoms in total. The Morgan fingerprint density at radius 1 is 1.15 bits per heavy atom. The molecule has 1 aliphatic rings. The van der Waals surface area contributed by atoms with Crippen LogP contribution in [0.2, 0.25) is 0 Å². The van der Waals surface area contributed by atoms with Gasteiger partial charge < -0.3 is 9.84 Å². The van der Waals surface area contributed by atoms with Gasteiger partial charge in [-0.05, 0) is 42.5 Å². The van der Waals surface area contributed by atoms with Crippen molar-refractivity contribution in [3.05, 3.63) is 59.7 Å². The molecule has 1 aliphatic heterocycles. The highest BCUT2D eigenvalue weighted by Gasteiger charge is 2.29. The minimum Gasteiger partial charge on any atom is -0.495 e. The zero-order chi connectivity index (χ0) is 19.4. The molecule has 0 saturated carbocycles. The number of ether oxygens (including phenoxy) is 1. The van der Waals surface area contributed by atoms with Gasteiger partial charge in [-0.2, -0.15) is 12.7 Å². The Hall–Kier alpha value is -2.58. The lowest BCUT2D eigenvalue weighted by molar-refractivity contribution is 0.0696. The van der Waals surface area contributed by atoms with E-state index in [2.05, 4.69) is 16.9 Å². The molecule has 0 unspecified atom stereocenters. The molecular weight excluding hydrogens is 368 g/mol. The minimum atomic E-state index is -3.75. The van der Waals surface area contributed by atoms with Crippen molar-refractivity contribution in [3.63, 3.8) is 0 Å². The number of aromatic carboxylic acids is 1. The van der Waals surface area contributed by atoms with Gasteiger partial charge in [-0.3, -0.25) is 4.72 Å². The van der Waals surface area contributed by atoms with E-state index in [0.29, 0.717) is 19.0 Å². The highest BCUT2D eigenvalue weighted by molar-refractivity contribution is 7.90. The first kappa shape index (κ1) is 19.2. The fourth-order valence-electron chi connectivity index (χ4n) is 3.27. The summed E-state index contributed by atoms with van der Waals surface area (Å²) in [6.45, 7) is 0.842. The smallest absolute Gasteiger partial charge is 0.335 e. The highest BCUT2D eigenvalue weighted by Crippen LogP contribution is 2.31. The SMILES string of the molecule is COc1cc(C(=O)O)ccc1NS(=O)(=O)N1CCC(c2ccccc2)CC1. The van der Waals surface area contributed by atoms with Gasteiger partial charge in [0, 0.05) is 13.1 Å². The highest BCUT2D eigenvalue weighted by atomic mass is 32.2. The number of hydrogen-bond acceptors (Lipinski definition) is 4. The molecule has 0 atom stereocenters. The summed E-state index contributed by atoms with van der Waals surface area (Å²) in [7, 11) is -2.39. The molecule has 144 valence electrons. The number of rotatable bonds is 6. The number of nitrogens with one attached hydrogen (secondary N) is 1. The molecule has 0 amide bonds. The van der Waals surface area contributed by atoms with Crippen molar-refractivity contribution in [1.82, 2.24) is 4.31 Å². The predicted octanol–water partition coefficient (Wildman–Crippen LogP) is 2.93. The van der Waals surface area contributed by atoms with Crippen LogP contribution in [0.15, 0.2) is 48.5 Å². The van der Waals surface area contributed by atoms with Crippen LogP contribution in [-0.2, 0) is 10.2 Å². The summed E-state index contributed by atoms with van der Waals surface area (Å²) in [5.41, 5.74) is 1.47. The molecule has 0 radical (unpaired) electrons. The van der Waals surface area contributed by atoms with Crippen molar-refractivity contribution in [2.75, 3.05) is 24.9 Å². The summed E-state index contributed by atoms with van der Waals surface area (Å²) < 4.78 is 34.5. The number of methoxy groups -OCH3 is 1. The van der Waals surface area contributed by atoms with E-state index < -0.39 is 16.2 Å². The van der Waals surface area contributed by atoms with Gasteiger partial charge >= 0.3 is 16.2 Å². The predicted molar refractivity (Wildman–Crippen MR) is 102 cm³/mol. The van der Waals surface area contributed by atoms with Crippen LogP contribution in [0.25, 0.3) is 0 Å². The molecule has 1 saturated heterocycles. The number of carbonyl (C=O) groups is 1. The normalized spacial score (nSPS) is 16.0. The van der Waals surface area contributed by atoms with Crippen molar-refractivity contribution in [2.45, 2.75) is 18.8 Å². The molecule has 1 heterocycles. The number of carboxylic acids is 1. The summed E-state index contributed by atoms with van der Waals surface area (Å²) in [4.78, 5) is 11.1. The third kappa shape index (κ3) is 4.40. The molecule has 2 N–H and O–H groups in total. The molecular formula is C19H22N2O5S. The molecule has 8 heteroatoms. The Balaban J connectivity index is 1.70. The van der Waals surface area contributed by atoms with Crippen LogP contribution in [0, 0.1) is 0 Å². The fourth-order valence-corrected chi connectivity index (χ4v) is 4.53. The van der Waals surface area contributed by atoms with Gasteiger partial charge in [0.15, 0.2) is 0 Å². The van der Waals surface area contributed by atoms with Crippen molar-refractivity contribution in [1.29, 1.82) is 0 Å². The zero-order valence-corrected chi connectivity index (χ0v) is 15.8. The zero-order valence-electron chi connectivity index (χ0n) is 15.0. The Labute approximate surface area is 158 Å². The van der Waals surface area contributed by atoms with E-state index in [-0.39, 0.29) is 17.0 Å². The summed E-state index contributed by atoms with van der Waals surface area (Å²) in [6, 6.07) is 14.1. The monoisotopic (exact) mass is 390 g/mol. The molecule has 0 spiro atoms. The van der Waals surface area contributed by atoms with Crippen LogP contribution in [0.3, 0.4) is 0 Å². The second kappa shape index (κ2) is 7.98. The van der Waals surface area contributed by atoms with E-state index in [1.165, 1.54) is 35.2 Å². The third-order valence-electron chi connectivity index (χ3n) is 4.75. The van der Waals surface area contributed by atoms with Gasteiger partial charge in [0.2, 0.25) is 0 Å². The summed E-state index contributed by atoms with van der Waals surface area (Å²) in [5, 5.41) is 9.05. The molecule has 0 bridgehead atoms. The van der Waals surface area contributed by atoms with E-state index in [0.717, 1.165) is 12.8 Å². The quantitative estimate of drug-likeness (QED) is 0.791. The maximum Gasteiger partial charge on any atom is 0.335 e. The van der Waals surface area contributed by atoms with E-state index >= 15 is 0 Å². The Bertz CT molecular complexity index is 907. The van der Waals surface area contributed by atoms with Crippen LogP contribution < -0.4 is 9.46 Å². The standard InChI is InChI=1S/C19H22N2O5S/c1-26-18-13-16(19(22)23)7-8-17(18)20-27(24,25)21-11-9-15(10-12-21)14-5-3-2-4-6-14/h2-8,13,15,20H,9-12H2,1H3,(H,22,23). The summed E-state index contributed by atoms with van der Waals surface area (Å²) in [6.07, 6.45) is 1.50. The first-order chi connectivity index (χ1) is 12.9. The fraction of sp³-hybridized carbons (Fsp3) is 0.316. The van der Waals surface area contributed by atoms with Crippen LogP contribution >= 0.6 is 0 Å². The molecule has 2 aromatic rings. The van der Waals surface area contributed by atoms with Crippen LogP contribution in [0.5, 0.6) is 5.75 Å². The third-order valence-corrected chi connectivity index (χ3v) is 6.28. The van der Waals surface area contributed by atoms with Crippen molar-refractivity contribution < 1.29 is 23.1 Å². The van der Waals surface area contributed by atoms with Gasteiger partial charge in [0.25, 0.3) is 0 Å². The molecule has 2 aromatic carbocycles. The molecule has 3 rings (SSSR count). The number of carboxylic acid groups (broad SMARTS) is 1. The molecule has 27 heavy (non-hydrogen) atoms. The van der Waals surface area contributed by atoms with Gasteiger partial charge in [-0.15, -0.1) is 0 Å². The minimum absolute atomic E-state index is 0.0264. The summed E-state index contributed by atoms with van der Waals surface area (Å²) in [5.74, 6) is -0.592.